The average Bonchev–Trinajstić information content (AvgIpc) is 2.14. The third kappa shape index (κ3) is 1.92. The summed E-state index contributed by atoms with van der Waals surface area (Å²) in [6.07, 6.45) is 0. The van der Waals surface area contributed by atoms with E-state index in [1.165, 1.54) is 0 Å². The number of ether oxygens (including phenoxy) is 1. The molecule has 0 fully saturated rings. The van der Waals surface area contributed by atoms with E-state index >= 15 is 0 Å². The lowest BCUT2D eigenvalue weighted by Gasteiger charge is -2.39. The molecule has 0 atom stereocenters. The maximum absolute atomic E-state index is 5.93. The zero-order chi connectivity index (χ0) is 11.1. The standard InChI is InChI=1S/C12H18N2O/c1-12(2)8-14(3)10-5-4-9(7-13)6-11(10)15-12/h4-6H,7-8,13H2,1-3H3. The van der Waals surface area contributed by atoms with Gasteiger partial charge < -0.3 is 15.4 Å². The fourth-order valence-corrected chi connectivity index (χ4v) is 2.07. The third-order valence-corrected chi connectivity index (χ3v) is 2.68. The van der Waals surface area contributed by atoms with E-state index in [9.17, 15) is 0 Å². The van der Waals surface area contributed by atoms with E-state index in [2.05, 4.69) is 37.9 Å². The molecule has 1 aromatic rings. The summed E-state index contributed by atoms with van der Waals surface area (Å²) in [5.41, 5.74) is 7.74. The lowest BCUT2D eigenvalue weighted by molar-refractivity contribution is 0.107. The zero-order valence-electron chi connectivity index (χ0n) is 9.58. The minimum absolute atomic E-state index is 0.130. The van der Waals surface area contributed by atoms with Gasteiger partial charge in [-0.05, 0) is 31.5 Å². The first kappa shape index (κ1) is 10.3. The van der Waals surface area contributed by atoms with Crippen LogP contribution in [0, 0.1) is 0 Å². The van der Waals surface area contributed by atoms with Crippen molar-refractivity contribution in [3.63, 3.8) is 0 Å². The van der Waals surface area contributed by atoms with Crippen LogP contribution < -0.4 is 15.4 Å². The number of hydrogen-bond donors (Lipinski definition) is 1. The van der Waals surface area contributed by atoms with E-state index in [-0.39, 0.29) is 5.60 Å². The average molecular weight is 206 g/mol. The van der Waals surface area contributed by atoms with Gasteiger partial charge in [0.25, 0.3) is 0 Å². The molecule has 0 spiro atoms. The molecular weight excluding hydrogens is 188 g/mol. The Balaban J connectivity index is 2.42. The molecule has 1 aromatic carbocycles. The summed E-state index contributed by atoms with van der Waals surface area (Å²) in [5.74, 6) is 0.941. The van der Waals surface area contributed by atoms with Gasteiger partial charge in [-0.25, -0.2) is 0 Å². The van der Waals surface area contributed by atoms with Crippen LogP contribution in [0.4, 0.5) is 5.69 Å². The van der Waals surface area contributed by atoms with Crippen LogP contribution in [0.15, 0.2) is 18.2 Å². The number of likely N-dealkylation sites (N-methyl/N-ethyl adjacent to an activating group) is 1. The molecule has 3 heteroatoms. The molecule has 1 heterocycles. The van der Waals surface area contributed by atoms with Crippen molar-refractivity contribution in [1.82, 2.24) is 0 Å². The first-order chi connectivity index (χ1) is 7.02. The maximum Gasteiger partial charge on any atom is 0.143 e. The summed E-state index contributed by atoms with van der Waals surface area (Å²) in [5, 5.41) is 0. The number of rotatable bonds is 1. The van der Waals surface area contributed by atoms with Crippen molar-refractivity contribution in [3.05, 3.63) is 23.8 Å². The van der Waals surface area contributed by atoms with Crippen LogP contribution in [0.1, 0.15) is 19.4 Å². The molecule has 3 nitrogen and oxygen atoms in total. The molecule has 0 aliphatic carbocycles. The van der Waals surface area contributed by atoms with Gasteiger partial charge in [0.15, 0.2) is 0 Å². The summed E-state index contributed by atoms with van der Waals surface area (Å²) >= 11 is 0. The second kappa shape index (κ2) is 3.42. The quantitative estimate of drug-likeness (QED) is 0.760. The minimum atomic E-state index is -0.130. The highest BCUT2D eigenvalue weighted by atomic mass is 16.5. The van der Waals surface area contributed by atoms with Gasteiger partial charge in [0.05, 0.1) is 12.2 Å². The zero-order valence-corrected chi connectivity index (χ0v) is 9.58. The Kier molecular flexibility index (Phi) is 2.35. The third-order valence-electron chi connectivity index (χ3n) is 2.68. The van der Waals surface area contributed by atoms with Gasteiger partial charge in [0.1, 0.15) is 11.4 Å². The van der Waals surface area contributed by atoms with Gasteiger partial charge in [0.2, 0.25) is 0 Å². The first-order valence-electron chi connectivity index (χ1n) is 5.25. The molecule has 1 aliphatic rings. The van der Waals surface area contributed by atoms with Gasteiger partial charge in [0, 0.05) is 13.6 Å². The molecule has 0 amide bonds. The van der Waals surface area contributed by atoms with Crippen molar-refractivity contribution in [1.29, 1.82) is 0 Å². The topological polar surface area (TPSA) is 38.5 Å². The molecule has 2 rings (SSSR count). The van der Waals surface area contributed by atoms with Crippen LogP contribution in [0.2, 0.25) is 0 Å². The Morgan fingerprint density at radius 1 is 1.47 bits per heavy atom. The predicted octanol–water partition coefficient (Wildman–Crippen LogP) is 1.75. The fraction of sp³-hybridized carbons (Fsp3) is 0.500. The van der Waals surface area contributed by atoms with Gasteiger partial charge in [-0.15, -0.1) is 0 Å². The highest BCUT2D eigenvalue weighted by molar-refractivity contribution is 5.61. The number of hydrogen-bond acceptors (Lipinski definition) is 3. The van der Waals surface area contributed by atoms with Gasteiger partial charge >= 0.3 is 0 Å². The lowest BCUT2D eigenvalue weighted by Crippen LogP contribution is -2.45. The molecule has 15 heavy (non-hydrogen) atoms. The van der Waals surface area contributed by atoms with Crippen molar-refractivity contribution < 1.29 is 4.74 Å². The Bertz CT molecular complexity index is 374. The van der Waals surface area contributed by atoms with Crippen LogP contribution in [-0.2, 0) is 6.54 Å². The molecule has 0 bridgehead atoms. The fourth-order valence-electron chi connectivity index (χ4n) is 2.07. The highest BCUT2D eigenvalue weighted by Gasteiger charge is 2.29. The highest BCUT2D eigenvalue weighted by Crippen LogP contribution is 2.36. The molecular formula is C12H18N2O. The summed E-state index contributed by atoms with van der Waals surface area (Å²) < 4.78 is 5.93. The molecule has 0 radical (unpaired) electrons. The summed E-state index contributed by atoms with van der Waals surface area (Å²) in [4.78, 5) is 2.22. The number of benzene rings is 1. The van der Waals surface area contributed by atoms with E-state index in [0.29, 0.717) is 6.54 Å². The number of nitrogens with two attached hydrogens (primary N) is 1. The maximum atomic E-state index is 5.93. The molecule has 0 aromatic heterocycles. The molecule has 1 aliphatic heterocycles. The first-order valence-corrected chi connectivity index (χ1v) is 5.25. The SMILES string of the molecule is CN1CC(C)(C)Oc2cc(CN)ccc21. The summed E-state index contributed by atoms with van der Waals surface area (Å²) in [6.45, 7) is 5.66. The van der Waals surface area contributed by atoms with E-state index in [1.807, 2.05) is 6.07 Å². The van der Waals surface area contributed by atoms with Gasteiger partial charge in [-0.1, -0.05) is 6.07 Å². The van der Waals surface area contributed by atoms with Crippen LogP contribution in [0.25, 0.3) is 0 Å². The Hall–Kier alpha value is -1.22. The molecule has 2 N–H and O–H groups in total. The van der Waals surface area contributed by atoms with E-state index in [4.69, 9.17) is 10.5 Å². The van der Waals surface area contributed by atoms with E-state index < -0.39 is 0 Å². The Morgan fingerprint density at radius 2 is 2.20 bits per heavy atom. The monoisotopic (exact) mass is 206 g/mol. The van der Waals surface area contributed by atoms with E-state index in [0.717, 1.165) is 23.5 Å². The van der Waals surface area contributed by atoms with Crippen LogP contribution >= 0.6 is 0 Å². The number of nitrogens with zero attached hydrogens (tertiary/aromatic N) is 1. The molecule has 0 saturated carbocycles. The van der Waals surface area contributed by atoms with Crippen molar-refractivity contribution in [2.75, 3.05) is 18.5 Å². The van der Waals surface area contributed by atoms with Crippen LogP contribution in [0.3, 0.4) is 0 Å². The Labute approximate surface area is 90.8 Å². The van der Waals surface area contributed by atoms with Crippen LogP contribution in [0.5, 0.6) is 5.75 Å². The van der Waals surface area contributed by atoms with Crippen molar-refractivity contribution >= 4 is 5.69 Å². The van der Waals surface area contributed by atoms with Crippen LogP contribution in [-0.4, -0.2) is 19.2 Å². The molecule has 0 saturated heterocycles. The number of anilines is 1. The Morgan fingerprint density at radius 3 is 2.87 bits per heavy atom. The van der Waals surface area contributed by atoms with Crippen molar-refractivity contribution in [3.8, 4) is 5.75 Å². The number of fused-ring (bicyclic) bond motifs is 1. The second-order valence-electron chi connectivity index (χ2n) is 4.72. The van der Waals surface area contributed by atoms with Gasteiger partial charge in [-0.3, -0.25) is 0 Å². The summed E-state index contributed by atoms with van der Waals surface area (Å²) in [6, 6.07) is 6.16. The summed E-state index contributed by atoms with van der Waals surface area (Å²) in [7, 11) is 2.09. The van der Waals surface area contributed by atoms with Gasteiger partial charge in [-0.2, -0.15) is 0 Å². The lowest BCUT2D eigenvalue weighted by atomic mass is 10.0. The van der Waals surface area contributed by atoms with E-state index in [1.54, 1.807) is 0 Å². The largest absolute Gasteiger partial charge is 0.484 e. The minimum Gasteiger partial charge on any atom is -0.484 e. The van der Waals surface area contributed by atoms with Crippen molar-refractivity contribution in [2.45, 2.75) is 26.0 Å². The molecule has 82 valence electrons. The normalized spacial score (nSPS) is 18.3. The molecule has 0 unspecified atom stereocenters. The smallest absolute Gasteiger partial charge is 0.143 e. The predicted molar refractivity (Wildman–Crippen MR) is 62.3 cm³/mol. The second-order valence-corrected chi connectivity index (χ2v) is 4.72. The van der Waals surface area contributed by atoms with Crippen molar-refractivity contribution in [2.24, 2.45) is 5.73 Å².